The van der Waals surface area contributed by atoms with Gasteiger partial charge in [-0.1, -0.05) is 18.1 Å². The summed E-state index contributed by atoms with van der Waals surface area (Å²) in [6.45, 7) is 2.40. The van der Waals surface area contributed by atoms with Crippen LogP contribution in [-0.2, 0) is 41.5 Å². The number of benzene rings is 2. The Labute approximate surface area is 528 Å². The van der Waals surface area contributed by atoms with Crippen LogP contribution in [0.15, 0.2) is 48.7 Å². The zero-order valence-electron chi connectivity index (χ0n) is 51.5. The molecule has 2 aromatic heterocycles. The van der Waals surface area contributed by atoms with E-state index in [-0.39, 0.29) is 51.5 Å². The number of aliphatic hydroxyl groups excluding tert-OH is 1. The van der Waals surface area contributed by atoms with Crippen LogP contribution in [0.25, 0.3) is 11.3 Å². The Balaban J connectivity index is 0.962. The second kappa shape index (κ2) is 27.4. The molecule has 5 N–H and O–H groups in total. The van der Waals surface area contributed by atoms with Gasteiger partial charge in [-0.2, -0.15) is 55.2 Å². The van der Waals surface area contributed by atoms with Crippen LogP contribution in [0, 0.1) is 34.3 Å². The molecule has 0 aliphatic carbocycles. The Morgan fingerprint density at radius 3 is 1.57 bits per heavy atom. The van der Waals surface area contributed by atoms with Gasteiger partial charge in [-0.05, 0) is 102 Å². The number of fused-ring (bicyclic) bond motifs is 4. The lowest BCUT2D eigenvalue weighted by atomic mass is 9.82. The molecular weight excluding hydrogens is 1250 g/mol. The van der Waals surface area contributed by atoms with Crippen LogP contribution in [0.5, 0.6) is 0 Å². The summed E-state index contributed by atoms with van der Waals surface area (Å²) in [5.41, 5.74) is -5.12. The number of hydrogen-bond acceptors (Lipinski definition) is 18. The number of ether oxygens (including phenoxy) is 4. The number of halogens is 10. The third kappa shape index (κ3) is 14.8. The van der Waals surface area contributed by atoms with E-state index >= 15 is 8.78 Å². The minimum Gasteiger partial charge on any atom is -0.453 e. The second-order valence-corrected chi connectivity index (χ2v) is 25.3. The molecule has 6 saturated heterocycles. The maximum Gasteiger partial charge on any atom is 0.407 e. The summed E-state index contributed by atoms with van der Waals surface area (Å²) in [4.78, 5) is 77.9. The number of anilines is 2. The molecule has 2 aromatic carbocycles. The number of hydrogen-bond donors (Lipinski definition) is 5. The van der Waals surface area contributed by atoms with Gasteiger partial charge < -0.3 is 49.8 Å². The first-order valence-corrected chi connectivity index (χ1v) is 30.2. The Kier molecular flexibility index (Phi) is 20.1. The van der Waals surface area contributed by atoms with Crippen LogP contribution in [0.1, 0.15) is 82.4 Å². The normalized spacial score (nSPS) is 21.9. The lowest BCUT2D eigenvalue weighted by molar-refractivity contribution is -0.221. The molecular formula is C60H72F10N14O9. The largest absolute Gasteiger partial charge is 0.453 e. The summed E-state index contributed by atoms with van der Waals surface area (Å²) in [5.74, 6) is 1.25. The summed E-state index contributed by atoms with van der Waals surface area (Å²) in [5, 5.41) is 22.4. The number of piperazine rings is 2. The number of amides is 4. The topological polar surface area (TPSA) is 246 Å². The van der Waals surface area contributed by atoms with Crippen molar-refractivity contribution < 1.29 is 87.1 Å². The fourth-order valence-corrected chi connectivity index (χ4v) is 12.8. The van der Waals surface area contributed by atoms with Crippen LogP contribution in [0.3, 0.4) is 0 Å². The maximum absolute atomic E-state index is 16.2. The predicted molar refractivity (Wildman–Crippen MR) is 311 cm³/mol. The van der Waals surface area contributed by atoms with Gasteiger partial charge in [0, 0.05) is 86.3 Å². The van der Waals surface area contributed by atoms with Gasteiger partial charge in [-0.3, -0.25) is 24.8 Å². The Bertz CT molecular complexity index is 3320. The van der Waals surface area contributed by atoms with E-state index in [2.05, 4.69) is 56.8 Å². The lowest BCUT2D eigenvalue weighted by Gasteiger charge is -2.48. The molecule has 93 heavy (non-hydrogen) atoms. The molecule has 6 fully saturated rings. The second-order valence-electron chi connectivity index (χ2n) is 25.3. The molecule has 0 radical (unpaired) electrons. The van der Waals surface area contributed by atoms with E-state index in [1.54, 1.807) is 17.4 Å². The van der Waals surface area contributed by atoms with E-state index in [4.69, 9.17) is 24.4 Å². The van der Waals surface area contributed by atoms with Crippen LogP contribution in [0.4, 0.5) is 65.4 Å². The Hall–Kier alpha value is -7.64. The first-order chi connectivity index (χ1) is 43.9. The quantitative estimate of drug-likeness (QED) is 0.0395. The van der Waals surface area contributed by atoms with Crippen LogP contribution in [-0.4, -0.2) is 215 Å². The van der Waals surface area contributed by atoms with Gasteiger partial charge in [0.15, 0.2) is 0 Å². The molecule has 23 nitrogen and oxygen atoms in total. The minimum absolute atomic E-state index is 0.189. The van der Waals surface area contributed by atoms with Gasteiger partial charge >= 0.3 is 31.1 Å². The van der Waals surface area contributed by atoms with E-state index in [9.17, 15) is 59.4 Å². The highest BCUT2D eigenvalue weighted by Gasteiger charge is 2.58. The summed E-state index contributed by atoms with van der Waals surface area (Å²) < 4.78 is 168. The van der Waals surface area contributed by atoms with Gasteiger partial charge in [-0.15, -0.1) is 0 Å². The van der Waals surface area contributed by atoms with Gasteiger partial charge in [0.1, 0.15) is 23.7 Å². The molecule has 506 valence electrons. The average molecular weight is 1320 g/mol. The van der Waals surface area contributed by atoms with E-state index in [1.807, 2.05) is 5.32 Å². The first kappa shape index (κ1) is 68.2. The van der Waals surface area contributed by atoms with Gasteiger partial charge in [0.2, 0.25) is 23.6 Å². The SMILES string of the molecule is COC(=O)N[C@H](C(=O)N[C@@H](Cc1ccc(C#Cc2nc(N3CC4CCC(C3)N4C3COC3)nc(N3CC4CCC(C3)N4C3COC3)n2)cc1)[C@@H](O)CN(Cc1c(F)cc(-c2ccn(C(F)F)n2)cc1F)NC(=O)[C@@H](NC(=O)OC)C(C)(C)C(F)(F)F)C(C)(C)C(F)(F)F. The lowest BCUT2D eigenvalue weighted by Crippen LogP contribution is -2.63. The van der Waals surface area contributed by atoms with Gasteiger partial charge in [-0.25, -0.2) is 28.1 Å². The van der Waals surface area contributed by atoms with Crippen LogP contribution < -0.4 is 31.2 Å². The van der Waals surface area contributed by atoms with Crippen LogP contribution in [0.2, 0.25) is 0 Å². The number of nitrogens with one attached hydrogen (secondary N) is 4. The molecule has 8 heterocycles. The molecule has 0 spiro atoms. The number of alkyl halides is 8. The summed E-state index contributed by atoms with van der Waals surface area (Å²) in [6.07, 6.45) is -11.2. The monoisotopic (exact) mass is 1320 g/mol. The van der Waals surface area contributed by atoms with E-state index < -0.39 is 115 Å². The number of alkyl carbamates (subject to hydrolysis) is 2. The highest BCUT2D eigenvalue weighted by molar-refractivity contribution is 5.87. The van der Waals surface area contributed by atoms with Crippen molar-refractivity contribution in [3.05, 3.63) is 82.8 Å². The highest BCUT2D eigenvalue weighted by Crippen LogP contribution is 2.43. The van der Waals surface area contributed by atoms with Gasteiger partial charge in [0.25, 0.3) is 5.91 Å². The fraction of sp³-hybridized carbons (Fsp3) is 0.600. The highest BCUT2D eigenvalue weighted by atomic mass is 19.4. The maximum atomic E-state index is 16.2. The molecule has 4 aromatic rings. The third-order valence-corrected chi connectivity index (χ3v) is 18.5. The molecule has 6 aliphatic rings. The Morgan fingerprint density at radius 1 is 0.677 bits per heavy atom. The summed E-state index contributed by atoms with van der Waals surface area (Å²) in [7, 11) is 1.61. The molecule has 4 bridgehead atoms. The number of nitrogens with zero attached hydrogens (tertiary/aromatic N) is 10. The number of rotatable bonds is 21. The first-order valence-electron chi connectivity index (χ1n) is 30.2. The minimum atomic E-state index is -5.25. The van der Waals surface area contributed by atoms with Crippen molar-refractivity contribution in [2.75, 3.05) is 83.2 Å². The smallest absolute Gasteiger partial charge is 0.407 e. The molecule has 8 atom stereocenters. The summed E-state index contributed by atoms with van der Waals surface area (Å²) >= 11 is 0. The van der Waals surface area contributed by atoms with Crippen molar-refractivity contribution in [2.24, 2.45) is 10.8 Å². The van der Waals surface area contributed by atoms with Crippen molar-refractivity contribution >= 4 is 35.9 Å². The molecule has 4 amide bonds. The Morgan fingerprint density at radius 2 is 1.15 bits per heavy atom. The van der Waals surface area contributed by atoms with Crippen molar-refractivity contribution in [3.8, 4) is 23.1 Å². The standard InChI is InChI=1S/C60H72F10N14O9/c1-57(2,59(65,66)67)48(74-55(88)90-5)50(86)71-45(46(85)27-81(78-51(87)49(75-56(89)91-6)58(3,4)60(68,69)70)26-41-42(61)20-34(21-43(41)62)44-17-18-82(77-44)52(63)64)19-33-9-7-32(8-10-33)11-16-47-72-53(79-22-35-12-13-36(23-79)83(35)39-28-92-29-39)76-54(73-47)80-24-37-14-15-38(25-80)84(37)40-30-93-31-40/h7-10,17-18,20-21,35-40,45-46,48-49,52,85H,12-15,19,22-31H2,1-6H3,(H,71,86)(H,74,88)(H,75,89)(H,78,87)/t35?,36?,37?,38?,45-,46-,48+,49+/m0/s1. The van der Waals surface area contributed by atoms with Gasteiger partial charge in [0.05, 0.1) is 81.4 Å². The molecule has 4 unspecified atom stereocenters. The van der Waals surface area contributed by atoms with Crippen molar-refractivity contribution in [3.63, 3.8) is 0 Å². The molecule has 33 heteroatoms. The van der Waals surface area contributed by atoms with Crippen molar-refractivity contribution in [2.45, 2.75) is 146 Å². The zero-order chi connectivity index (χ0) is 67.1. The fourth-order valence-electron chi connectivity index (χ4n) is 12.8. The van der Waals surface area contributed by atoms with E-state index in [1.165, 1.54) is 12.1 Å². The molecule has 10 rings (SSSR count). The number of methoxy groups -OCH3 is 2. The molecule has 0 saturated carbocycles. The van der Waals surface area contributed by atoms with Crippen molar-refractivity contribution in [1.29, 1.82) is 0 Å². The molecule has 6 aliphatic heterocycles. The average Bonchev–Trinajstić information content (AvgIpc) is 1.73. The number of aromatic nitrogens is 5. The predicted octanol–water partition coefficient (Wildman–Crippen LogP) is 5.46. The number of carbonyl (C=O) groups excluding carboxylic acids is 4. The third-order valence-electron chi connectivity index (χ3n) is 18.5. The number of hydrazine groups is 1. The van der Waals surface area contributed by atoms with E-state index in [0.29, 0.717) is 127 Å². The van der Waals surface area contributed by atoms with Crippen LogP contribution >= 0.6 is 0 Å². The van der Waals surface area contributed by atoms with Crippen molar-refractivity contribution in [1.82, 2.24) is 60.9 Å². The summed E-state index contributed by atoms with van der Waals surface area (Å²) in [6, 6.07) is 3.42. The number of aliphatic hydroxyl groups is 1. The van der Waals surface area contributed by atoms with E-state index in [0.717, 1.165) is 52.2 Å². The zero-order valence-corrected chi connectivity index (χ0v) is 51.5. The number of carbonyl (C=O) groups is 4.